The summed E-state index contributed by atoms with van der Waals surface area (Å²) >= 11 is 2.93. The molecule has 4 N–H and O–H groups in total. The van der Waals surface area contributed by atoms with Gasteiger partial charge < -0.3 is 20.4 Å². The number of hydrogen-bond acceptors (Lipinski definition) is 4. The summed E-state index contributed by atoms with van der Waals surface area (Å²) in [6.45, 7) is 0. The van der Waals surface area contributed by atoms with Crippen LogP contribution in [0.3, 0.4) is 0 Å². The molecule has 0 amide bonds. The summed E-state index contributed by atoms with van der Waals surface area (Å²) in [5, 5.41) is 35.1. The molecule has 1 aromatic carbocycles. The molecule has 0 heterocycles. The molecule has 0 radical (unpaired) electrons. The fourth-order valence-electron chi connectivity index (χ4n) is 1.35. The Morgan fingerprint density at radius 3 is 2.00 bits per heavy atom. The number of rotatable bonds is 3. The number of benzene rings is 1. The second-order valence-corrected chi connectivity index (χ2v) is 3.71. The van der Waals surface area contributed by atoms with E-state index in [2.05, 4.69) is 15.9 Å². The van der Waals surface area contributed by atoms with Crippen LogP contribution in [0.5, 0.6) is 0 Å². The maximum atomic E-state index is 13.1. The van der Waals surface area contributed by atoms with Gasteiger partial charge in [-0.1, -0.05) is 34.1 Å². The van der Waals surface area contributed by atoms with Crippen LogP contribution in [0.15, 0.2) is 18.2 Å². The van der Waals surface area contributed by atoms with E-state index in [1.54, 1.807) is 0 Å². The van der Waals surface area contributed by atoms with Crippen molar-refractivity contribution < 1.29 is 29.2 Å². The first-order chi connectivity index (χ1) is 7.18. The van der Waals surface area contributed by atoms with Gasteiger partial charge >= 0.3 is 12.1 Å². The summed E-state index contributed by atoms with van der Waals surface area (Å²) in [5.74, 6) is 0. The fourth-order valence-corrected chi connectivity index (χ4v) is 1.82. The lowest BCUT2D eigenvalue weighted by Crippen LogP contribution is -2.29. The van der Waals surface area contributed by atoms with Crippen LogP contribution in [0.25, 0.3) is 0 Å². The summed E-state index contributed by atoms with van der Waals surface area (Å²) in [7, 11) is 0. The highest BCUT2D eigenvalue weighted by Crippen LogP contribution is 2.34. The molecular formula is C9H9BrF2O4. The molecular weight excluding hydrogens is 290 g/mol. The third-order valence-corrected chi connectivity index (χ3v) is 2.56. The van der Waals surface area contributed by atoms with Crippen molar-refractivity contribution in [2.24, 2.45) is 0 Å². The molecule has 0 bridgehead atoms. The Morgan fingerprint density at radius 1 is 1.06 bits per heavy atom. The summed E-state index contributed by atoms with van der Waals surface area (Å²) in [4.78, 5) is 0. The van der Waals surface area contributed by atoms with Gasteiger partial charge in [-0.2, -0.15) is 8.78 Å². The van der Waals surface area contributed by atoms with Gasteiger partial charge in [-0.05, 0) is 5.56 Å². The van der Waals surface area contributed by atoms with Crippen LogP contribution in [0, 0.1) is 0 Å². The molecule has 0 aliphatic rings. The van der Waals surface area contributed by atoms with E-state index >= 15 is 0 Å². The molecule has 0 unspecified atom stereocenters. The van der Waals surface area contributed by atoms with Gasteiger partial charge in [-0.15, -0.1) is 0 Å². The lowest BCUT2D eigenvalue weighted by Gasteiger charge is -2.22. The monoisotopic (exact) mass is 298 g/mol. The van der Waals surface area contributed by atoms with E-state index in [-0.39, 0.29) is 10.9 Å². The van der Waals surface area contributed by atoms with Crippen LogP contribution in [-0.2, 0) is 17.4 Å². The van der Waals surface area contributed by atoms with E-state index < -0.39 is 23.2 Å². The maximum Gasteiger partial charge on any atom is 0.344 e. The number of hydrogen-bond donors (Lipinski definition) is 4. The van der Waals surface area contributed by atoms with Gasteiger partial charge in [0.2, 0.25) is 0 Å². The van der Waals surface area contributed by atoms with E-state index in [9.17, 15) is 8.78 Å². The zero-order valence-electron chi connectivity index (χ0n) is 7.86. The lowest BCUT2D eigenvalue weighted by atomic mass is 9.99. The van der Waals surface area contributed by atoms with Gasteiger partial charge in [0, 0.05) is 5.33 Å². The van der Waals surface area contributed by atoms with Gasteiger partial charge in [0.05, 0.1) is 11.1 Å². The molecule has 0 aliphatic carbocycles. The molecule has 0 aliphatic heterocycles. The maximum absolute atomic E-state index is 13.1. The Hall–Kier alpha value is -0.600. The van der Waals surface area contributed by atoms with Crippen molar-refractivity contribution >= 4 is 15.9 Å². The topological polar surface area (TPSA) is 80.9 Å². The number of aliphatic hydroxyl groups is 4. The van der Waals surface area contributed by atoms with Gasteiger partial charge in [0.25, 0.3) is 0 Å². The second kappa shape index (κ2) is 4.34. The molecule has 1 aromatic rings. The van der Waals surface area contributed by atoms with Crippen molar-refractivity contribution in [1.82, 2.24) is 0 Å². The SMILES string of the molecule is OC(O)(F)c1cccc(CBr)c1C(O)(O)F. The normalized spacial score (nSPS) is 12.9. The van der Waals surface area contributed by atoms with E-state index in [4.69, 9.17) is 20.4 Å². The molecule has 0 atom stereocenters. The predicted molar refractivity (Wildman–Crippen MR) is 53.5 cm³/mol. The number of alkyl halides is 3. The van der Waals surface area contributed by atoms with Crippen molar-refractivity contribution in [3.05, 3.63) is 34.9 Å². The summed E-state index contributed by atoms with van der Waals surface area (Å²) < 4.78 is 26.0. The highest BCUT2D eigenvalue weighted by molar-refractivity contribution is 9.08. The minimum absolute atomic E-state index is 0.0148. The largest absolute Gasteiger partial charge is 0.344 e. The van der Waals surface area contributed by atoms with Crippen LogP contribution < -0.4 is 0 Å². The Labute approximate surface area is 97.9 Å². The first kappa shape index (κ1) is 13.5. The van der Waals surface area contributed by atoms with Crippen molar-refractivity contribution in [2.45, 2.75) is 17.4 Å². The van der Waals surface area contributed by atoms with Crippen LogP contribution >= 0.6 is 15.9 Å². The third-order valence-electron chi connectivity index (χ3n) is 1.96. The summed E-state index contributed by atoms with van der Waals surface area (Å²) in [6.07, 6.45) is 0. The molecule has 7 heteroatoms. The second-order valence-electron chi connectivity index (χ2n) is 3.15. The van der Waals surface area contributed by atoms with E-state index in [1.807, 2.05) is 0 Å². The van der Waals surface area contributed by atoms with Gasteiger partial charge in [0.1, 0.15) is 0 Å². The summed E-state index contributed by atoms with van der Waals surface area (Å²) in [6, 6.07) is -4.37. The smallest absolute Gasteiger partial charge is 0.336 e. The molecule has 4 nitrogen and oxygen atoms in total. The fraction of sp³-hybridized carbons (Fsp3) is 0.333. The first-order valence-electron chi connectivity index (χ1n) is 4.14. The van der Waals surface area contributed by atoms with Gasteiger partial charge in [-0.3, -0.25) is 0 Å². The molecule has 0 fully saturated rings. The molecule has 0 spiro atoms. The van der Waals surface area contributed by atoms with E-state index in [1.165, 1.54) is 12.1 Å². The van der Waals surface area contributed by atoms with Crippen molar-refractivity contribution in [2.75, 3.05) is 0 Å². The Morgan fingerprint density at radius 2 is 1.62 bits per heavy atom. The van der Waals surface area contributed by atoms with Crippen LogP contribution in [0.4, 0.5) is 8.78 Å². The quantitative estimate of drug-likeness (QED) is 0.489. The Kier molecular flexibility index (Phi) is 3.65. The zero-order valence-corrected chi connectivity index (χ0v) is 9.45. The predicted octanol–water partition coefficient (Wildman–Crippen LogP) is 0.710. The minimum atomic E-state index is -3.86. The van der Waals surface area contributed by atoms with Crippen molar-refractivity contribution in [3.63, 3.8) is 0 Å². The Bertz CT molecular complexity index is 384. The van der Waals surface area contributed by atoms with Crippen LogP contribution in [0.2, 0.25) is 0 Å². The van der Waals surface area contributed by atoms with Gasteiger partial charge in [0.15, 0.2) is 0 Å². The highest BCUT2D eigenvalue weighted by Gasteiger charge is 2.38. The molecule has 0 saturated heterocycles. The molecule has 0 aromatic heterocycles. The molecule has 16 heavy (non-hydrogen) atoms. The Balaban J connectivity index is 3.51. The van der Waals surface area contributed by atoms with Crippen LogP contribution in [0.1, 0.15) is 16.7 Å². The first-order valence-corrected chi connectivity index (χ1v) is 5.26. The minimum Gasteiger partial charge on any atom is -0.336 e. The van der Waals surface area contributed by atoms with E-state index in [0.717, 1.165) is 6.07 Å². The lowest BCUT2D eigenvalue weighted by molar-refractivity contribution is -0.291. The van der Waals surface area contributed by atoms with Crippen LogP contribution in [-0.4, -0.2) is 20.4 Å². The molecule has 0 saturated carbocycles. The standard InChI is InChI=1S/C9H9BrF2O4/c10-4-5-2-1-3-6(8(11,13)14)7(5)9(12,15)16/h1-3,13-16H,4H2. The van der Waals surface area contributed by atoms with Gasteiger partial charge in [-0.25, -0.2) is 0 Å². The molecule has 1 rings (SSSR count). The van der Waals surface area contributed by atoms with Crippen molar-refractivity contribution in [1.29, 1.82) is 0 Å². The average molecular weight is 299 g/mol. The molecule has 90 valence electrons. The van der Waals surface area contributed by atoms with E-state index in [0.29, 0.717) is 0 Å². The third kappa shape index (κ3) is 2.74. The average Bonchev–Trinajstić information content (AvgIpc) is 2.13. The number of halogens is 3. The summed E-state index contributed by atoms with van der Waals surface area (Å²) in [5.41, 5.74) is -1.91. The van der Waals surface area contributed by atoms with Crippen molar-refractivity contribution in [3.8, 4) is 0 Å². The highest BCUT2D eigenvalue weighted by atomic mass is 79.9. The zero-order chi connectivity index (χ0) is 12.6.